The summed E-state index contributed by atoms with van der Waals surface area (Å²) >= 11 is 0.977. The molecule has 1 N–H and O–H groups in total. The molecule has 1 saturated heterocycles. The van der Waals surface area contributed by atoms with Crippen molar-refractivity contribution in [1.29, 1.82) is 0 Å². The Morgan fingerprint density at radius 2 is 2.38 bits per heavy atom. The fourth-order valence-corrected chi connectivity index (χ4v) is 2.91. The smallest absolute Gasteiger partial charge is 0.305 e. The maximum Gasteiger partial charge on any atom is 0.305 e. The van der Waals surface area contributed by atoms with Gasteiger partial charge in [-0.2, -0.15) is 0 Å². The summed E-state index contributed by atoms with van der Waals surface area (Å²) in [5.74, 6) is -0.270. The van der Waals surface area contributed by atoms with Crippen LogP contribution in [0.4, 0.5) is 5.69 Å². The Labute approximate surface area is 125 Å². The third-order valence-electron chi connectivity index (χ3n) is 3.34. The number of ether oxygens (including phenoxy) is 1. The number of carbonyl (C=O) groups is 1. The molecule has 6 nitrogen and oxygen atoms in total. The van der Waals surface area contributed by atoms with Crippen LogP contribution in [0.2, 0.25) is 0 Å². The lowest BCUT2D eigenvalue weighted by Gasteiger charge is -2.33. The van der Waals surface area contributed by atoms with Crippen LogP contribution in [-0.4, -0.2) is 28.7 Å². The first-order valence-electron chi connectivity index (χ1n) is 6.79. The Bertz CT molecular complexity index is 661. The Hall–Kier alpha value is -1.99. The van der Waals surface area contributed by atoms with Gasteiger partial charge in [-0.1, -0.05) is 11.3 Å². The molecule has 1 amide bonds. The lowest BCUT2D eigenvalue weighted by atomic mass is 10.1. The Morgan fingerprint density at radius 3 is 3.00 bits per heavy atom. The average molecular weight is 305 g/mol. The van der Waals surface area contributed by atoms with E-state index in [4.69, 9.17) is 4.74 Å². The molecule has 21 heavy (non-hydrogen) atoms. The van der Waals surface area contributed by atoms with Crippen LogP contribution < -0.4 is 9.77 Å². The molecule has 0 bridgehead atoms. The van der Waals surface area contributed by atoms with Crippen molar-refractivity contribution in [3.05, 3.63) is 45.3 Å². The van der Waals surface area contributed by atoms with Gasteiger partial charge in [0.15, 0.2) is 0 Å². The highest BCUT2D eigenvalue weighted by Crippen LogP contribution is 2.24. The van der Waals surface area contributed by atoms with E-state index in [1.165, 1.54) is 5.38 Å². The highest BCUT2D eigenvalue weighted by molar-refractivity contribution is 7.07. The highest BCUT2D eigenvalue weighted by Gasteiger charge is 2.29. The zero-order chi connectivity index (χ0) is 14.7. The van der Waals surface area contributed by atoms with Crippen LogP contribution in [0.25, 0.3) is 0 Å². The second kappa shape index (κ2) is 6.19. The largest absolute Gasteiger partial charge is 0.358 e. The SMILES string of the molecule is O=C(c1csc(=O)[nH]1)N(c1cccnc1)C1CCCCO1. The normalized spacial score (nSPS) is 18.4. The molecule has 1 unspecified atom stereocenters. The number of aromatic amines is 1. The number of rotatable bonds is 3. The maximum atomic E-state index is 12.7. The third kappa shape index (κ3) is 3.03. The third-order valence-corrected chi connectivity index (χ3v) is 4.01. The van der Waals surface area contributed by atoms with E-state index in [0.29, 0.717) is 12.3 Å². The van der Waals surface area contributed by atoms with Gasteiger partial charge in [-0.25, -0.2) is 0 Å². The van der Waals surface area contributed by atoms with E-state index in [0.717, 1.165) is 30.6 Å². The molecule has 0 aliphatic carbocycles. The molecule has 3 heterocycles. The van der Waals surface area contributed by atoms with Crippen molar-refractivity contribution in [1.82, 2.24) is 9.97 Å². The van der Waals surface area contributed by atoms with Gasteiger partial charge in [-0.3, -0.25) is 19.5 Å². The molecule has 2 aromatic heterocycles. The van der Waals surface area contributed by atoms with Crippen LogP contribution >= 0.6 is 11.3 Å². The van der Waals surface area contributed by atoms with Crippen LogP contribution in [-0.2, 0) is 4.74 Å². The lowest BCUT2D eigenvalue weighted by Crippen LogP contribution is -2.44. The van der Waals surface area contributed by atoms with Crippen molar-refractivity contribution >= 4 is 22.9 Å². The molecular weight excluding hydrogens is 290 g/mol. The standard InChI is InChI=1S/C14H15N3O3S/c18-13(11-9-21-14(19)16-11)17(10-4-3-6-15-8-10)12-5-1-2-7-20-12/h3-4,6,8-9,12H,1-2,5,7H2,(H,16,19). The summed E-state index contributed by atoms with van der Waals surface area (Å²) in [6, 6.07) is 3.59. The second-order valence-electron chi connectivity index (χ2n) is 4.77. The van der Waals surface area contributed by atoms with E-state index >= 15 is 0 Å². The van der Waals surface area contributed by atoms with Crippen molar-refractivity contribution in [3.63, 3.8) is 0 Å². The Balaban J connectivity index is 1.95. The van der Waals surface area contributed by atoms with Gasteiger partial charge >= 0.3 is 4.87 Å². The first kappa shape index (κ1) is 14.0. The van der Waals surface area contributed by atoms with E-state index in [1.54, 1.807) is 23.4 Å². The van der Waals surface area contributed by atoms with Crippen LogP contribution in [0.5, 0.6) is 0 Å². The van der Waals surface area contributed by atoms with Gasteiger partial charge in [0.1, 0.15) is 11.9 Å². The quantitative estimate of drug-likeness (QED) is 0.941. The number of H-pyrrole nitrogens is 1. The number of anilines is 1. The molecule has 110 valence electrons. The lowest BCUT2D eigenvalue weighted by molar-refractivity contribution is 0.0143. The topological polar surface area (TPSA) is 75.3 Å². The summed E-state index contributed by atoms with van der Waals surface area (Å²) in [6.45, 7) is 0.634. The van der Waals surface area contributed by atoms with Crippen LogP contribution in [0.3, 0.4) is 0 Å². The van der Waals surface area contributed by atoms with Gasteiger partial charge in [0, 0.05) is 18.2 Å². The average Bonchev–Trinajstić information content (AvgIpc) is 2.96. The van der Waals surface area contributed by atoms with E-state index < -0.39 is 0 Å². The summed E-state index contributed by atoms with van der Waals surface area (Å²) in [5.41, 5.74) is 0.949. The molecular formula is C14H15N3O3S. The number of thiazole rings is 1. The number of aromatic nitrogens is 2. The molecule has 0 saturated carbocycles. The summed E-state index contributed by atoms with van der Waals surface area (Å²) in [6.07, 6.45) is 5.74. The molecule has 0 spiro atoms. The predicted octanol–water partition coefficient (Wildman–Crippen LogP) is 2.00. The number of amides is 1. The van der Waals surface area contributed by atoms with Crippen molar-refractivity contribution < 1.29 is 9.53 Å². The Morgan fingerprint density at radius 1 is 1.48 bits per heavy atom. The predicted molar refractivity (Wildman–Crippen MR) is 79.6 cm³/mol. The molecule has 3 rings (SSSR count). The minimum absolute atomic E-state index is 0.242. The van der Waals surface area contributed by atoms with E-state index in [9.17, 15) is 9.59 Å². The van der Waals surface area contributed by atoms with E-state index in [-0.39, 0.29) is 22.7 Å². The number of hydrogen-bond donors (Lipinski definition) is 1. The molecule has 1 aliphatic rings. The van der Waals surface area contributed by atoms with Crippen LogP contribution in [0.15, 0.2) is 34.7 Å². The number of carbonyl (C=O) groups excluding carboxylic acids is 1. The van der Waals surface area contributed by atoms with E-state index in [1.807, 2.05) is 6.07 Å². The second-order valence-corrected chi connectivity index (χ2v) is 5.61. The monoisotopic (exact) mass is 305 g/mol. The van der Waals surface area contributed by atoms with Gasteiger partial charge in [0.05, 0.1) is 11.9 Å². The van der Waals surface area contributed by atoms with Gasteiger partial charge in [-0.05, 0) is 31.4 Å². The number of nitrogens with zero attached hydrogens (tertiary/aromatic N) is 2. The van der Waals surface area contributed by atoms with Gasteiger partial charge in [0.2, 0.25) is 0 Å². The first-order chi connectivity index (χ1) is 10.3. The van der Waals surface area contributed by atoms with Gasteiger partial charge in [0.25, 0.3) is 5.91 Å². The van der Waals surface area contributed by atoms with Gasteiger partial charge < -0.3 is 9.72 Å². The molecule has 1 atom stereocenters. The molecule has 7 heteroatoms. The number of hydrogen-bond acceptors (Lipinski definition) is 5. The fraction of sp³-hybridized carbons (Fsp3) is 0.357. The summed E-state index contributed by atoms with van der Waals surface area (Å²) < 4.78 is 5.73. The summed E-state index contributed by atoms with van der Waals surface area (Å²) in [5, 5.41) is 1.54. The maximum absolute atomic E-state index is 12.7. The molecule has 1 aliphatic heterocycles. The summed E-state index contributed by atoms with van der Waals surface area (Å²) in [4.78, 5) is 31.9. The van der Waals surface area contributed by atoms with Crippen molar-refractivity contribution in [2.45, 2.75) is 25.5 Å². The number of nitrogens with one attached hydrogen (secondary N) is 1. The van der Waals surface area contributed by atoms with Crippen LogP contribution in [0.1, 0.15) is 29.8 Å². The van der Waals surface area contributed by atoms with Crippen molar-refractivity contribution in [3.8, 4) is 0 Å². The van der Waals surface area contributed by atoms with Crippen molar-refractivity contribution in [2.75, 3.05) is 11.5 Å². The van der Waals surface area contributed by atoms with Crippen molar-refractivity contribution in [2.24, 2.45) is 0 Å². The number of pyridine rings is 1. The molecule has 0 aromatic carbocycles. The van der Waals surface area contributed by atoms with E-state index in [2.05, 4.69) is 9.97 Å². The first-order valence-corrected chi connectivity index (χ1v) is 7.66. The zero-order valence-electron chi connectivity index (χ0n) is 11.3. The van der Waals surface area contributed by atoms with Gasteiger partial charge in [-0.15, -0.1) is 0 Å². The summed E-state index contributed by atoms with van der Waals surface area (Å²) in [7, 11) is 0. The molecule has 0 radical (unpaired) electrons. The molecule has 1 fully saturated rings. The minimum Gasteiger partial charge on any atom is -0.358 e. The minimum atomic E-state index is -0.321. The highest BCUT2D eigenvalue weighted by atomic mass is 32.1. The van der Waals surface area contributed by atoms with Crippen LogP contribution in [0, 0.1) is 0 Å². The fourth-order valence-electron chi connectivity index (χ4n) is 2.35. The zero-order valence-corrected chi connectivity index (χ0v) is 12.1. The Kier molecular flexibility index (Phi) is 4.12. The molecule has 2 aromatic rings.